The van der Waals surface area contributed by atoms with Crippen molar-refractivity contribution in [3.05, 3.63) is 0 Å². The Morgan fingerprint density at radius 2 is 2.20 bits per heavy atom. The second-order valence-corrected chi connectivity index (χ2v) is 4.92. The number of ether oxygens (including phenoxy) is 1. The summed E-state index contributed by atoms with van der Waals surface area (Å²) in [5, 5.41) is 5.02. The normalized spacial score (nSPS) is 23.7. The molecule has 0 saturated carbocycles. The lowest BCUT2D eigenvalue weighted by molar-refractivity contribution is -0.148. The van der Waals surface area contributed by atoms with Gasteiger partial charge in [-0.15, -0.1) is 0 Å². The highest BCUT2D eigenvalue weighted by Gasteiger charge is 2.35. The predicted molar refractivity (Wildman–Crippen MR) is 54.1 cm³/mol. The summed E-state index contributed by atoms with van der Waals surface area (Å²) >= 11 is 0. The Kier molecular flexibility index (Phi) is 4.06. The van der Waals surface area contributed by atoms with Gasteiger partial charge < -0.3 is 4.74 Å². The van der Waals surface area contributed by atoms with E-state index in [-0.39, 0.29) is 6.61 Å². The molecule has 0 radical (unpaired) electrons. The molecule has 0 aliphatic carbocycles. The minimum absolute atomic E-state index is 0.244. The molecule has 15 heavy (non-hydrogen) atoms. The van der Waals surface area contributed by atoms with Crippen LogP contribution in [0, 0.1) is 0 Å². The summed E-state index contributed by atoms with van der Waals surface area (Å²) in [5.41, 5.74) is 0. The minimum atomic E-state index is -3.81. The Hall–Kier alpha value is -0.660. The fourth-order valence-electron chi connectivity index (χ4n) is 1.68. The zero-order valence-corrected chi connectivity index (χ0v) is 9.50. The van der Waals surface area contributed by atoms with Gasteiger partial charge in [0.2, 0.25) is 0 Å². The Labute approximate surface area is 89.6 Å². The SMILES string of the molecule is CCOC(=O)[C@@H]1CCCCN1S(N)(=O)=O. The van der Waals surface area contributed by atoms with Gasteiger partial charge in [0.05, 0.1) is 6.61 Å². The summed E-state index contributed by atoms with van der Waals surface area (Å²) in [4.78, 5) is 11.5. The molecule has 1 rings (SSSR count). The van der Waals surface area contributed by atoms with E-state index in [1.807, 2.05) is 0 Å². The third kappa shape index (κ3) is 3.15. The molecule has 1 heterocycles. The van der Waals surface area contributed by atoms with Crippen molar-refractivity contribution >= 4 is 16.2 Å². The highest BCUT2D eigenvalue weighted by atomic mass is 32.2. The molecule has 0 spiro atoms. The molecule has 88 valence electrons. The number of carbonyl (C=O) groups is 1. The molecule has 2 N–H and O–H groups in total. The first kappa shape index (κ1) is 12.4. The Bertz CT molecular complexity index is 328. The van der Waals surface area contributed by atoms with Crippen LogP contribution in [-0.4, -0.2) is 37.9 Å². The van der Waals surface area contributed by atoms with Crippen molar-refractivity contribution in [2.75, 3.05) is 13.2 Å². The summed E-state index contributed by atoms with van der Waals surface area (Å²) in [6.07, 6.45) is 2.02. The van der Waals surface area contributed by atoms with Crippen LogP contribution in [0.3, 0.4) is 0 Å². The molecule has 7 heteroatoms. The van der Waals surface area contributed by atoms with E-state index in [1.54, 1.807) is 6.92 Å². The van der Waals surface area contributed by atoms with Crippen LogP contribution < -0.4 is 5.14 Å². The average molecular weight is 236 g/mol. The number of piperidine rings is 1. The van der Waals surface area contributed by atoms with E-state index < -0.39 is 22.2 Å². The van der Waals surface area contributed by atoms with Crippen molar-refractivity contribution in [3.8, 4) is 0 Å². The first-order valence-electron chi connectivity index (χ1n) is 4.93. The van der Waals surface area contributed by atoms with E-state index in [0.29, 0.717) is 13.0 Å². The molecule has 0 aromatic rings. The first-order chi connectivity index (χ1) is 6.96. The first-order valence-corrected chi connectivity index (χ1v) is 6.43. The van der Waals surface area contributed by atoms with E-state index in [9.17, 15) is 13.2 Å². The van der Waals surface area contributed by atoms with Gasteiger partial charge in [-0.1, -0.05) is 0 Å². The number of hydrogen-bond donors (Lipinski definition) is 1. The lowest BCUT2D eigenvalue weighted by Gasteiger charge is -2.31. The molecular weight excluding hydrogens is 220 g/mol. The summed E-state index contributed by atoms with van der Waals surface area (Å²) < 4.78 is 28.2. The zero-order valence-electron chi connectivity index (χ0n) is 8.68. The number of esters is 1. The average Bonchev–Trinajstić information content (AvgIpc) is 2.17. The second-order valence-electron chi connectivity index (χ2n) is 3.42. The number of carbonyl (C=O) groups excluding carboxylic acids is 1. The van der Waals surface area contributed by atoms with Gasteiger partial charge in [-0.25, -0.2) is 5.14 Å². The molecule has 1 fully saturated rings. The maximum Gasteiger partial charge on any atom is 0.324 e. The lowest BCUT2D eigenvalue weighted by atomic mass is 10.1. The third-order valence-corrected chi connectivity index (χ3v) is 3.43. The molecule has 0 bridgehead atoms. The van der Waals surface area contributed by atoms with Crippen molar-refractivity contribution in [1.82, 2.24) is 4.31 Å². The van der Waals surface area contributed by atoms with E-state index >= 15 is 0 Å². The van der Waals surface area contributed by atoms with Crippen molar-refractivity contribution in [2.45, 2.75) is 32.2 Å². The number of nitrogens with two attached hydrogens (primary N) is 1. The highest BCUT2D eigenvalue weighted by Crippen LogP contribution is 2.19. The fourth-order valence-corrected chi connectivity index (χ4v) is 2.61. The summed E-state index contributed by atoms with van der Waals surface area (Å²) in [6, 6.07) is -0.742. The maximum absolute atomic E-state index is 11.5. The molecule has 0 unspecified atom stereocenters. The van der Waals surface area contributed by atoms with Gasteiger partial charge in [0, 0.05) is 6.54 Å². The van der Waals surface area contributed by atoms with Crippen LogP contribution in [0.2, 0.25) is 0 Å². The summed E-state index contributed by atoms with van der Waals surface area (Å²) in [6.45, 7) is 2.22. The topological polar surface area (TPSA) is 89.7 Å². The quantitative estimate of drug-likeness (QED) is 0.676. The Balaban J connectivity index is 2.79. The minimum Gasteiger partial charge on any atom is -0.465 e. The van der Waals surface area contributed by atoms with Gasteiger partial charge in [0.25, 0.3) is 10.2 Å². The van der Waals surface area contributed by atoms with Crippen LogP contribution in [0.25, 0.3) is 0 Å². The van der Waals surface area contributed by atoms with Crippen LogP contribution >= 0.6 is 0 Å². The zero-order chi connectivity index (χ0) is 11.5. The molecule has 1 aliphatic rings. The van der Waals surface area contributed by atoms with Crippen molar-refractivity contribution in [2.24, 2.45) is 5.14 Å². The fraction of sp³-hybridized carbons (Fsp3) is 0.875. The second kappa shape index (κ2) is 4.91. The van der Waals surface area contributed by atoms with Crippen molar-refractivity contribution < 1.29 is 17.9 Å². The molecule has 0 aromatic carbocycles. The monoisotopic (exact) mass is 236 g/mol. The van der Waals surface area contributed by atoms with Crippen molar-refractivity contribution in [1.29, 1.82) is 0 Å². The van der Waals surface area contributed by atoms with E-state index in [1.165, 1.54) is 0 Å². The van der Waals surface area contributed by atoms with Gasteiger partial charge in [-0.05, 0) is 26.2 Å². The van der Waals surface area contributed by atoms with Crippen LogP contribution in [0.1, 0.15) is 26.2 Å². The van der Waals surface area contributed by atoms with Gasteiger partial charge in [0.15, 0.2) is 0 Å². The van der Waals surface area contributed by atoms with Crippen molar-refractivity contribution in [3.63, 3.8) is 0 Å². The molecule has 0 aromatic heterocycles. The highest BCUT2D eigenvalue weighted by molar-refractivity contribution is 7.86. The van der Waals surface area contributed by atoms with E-state index in [0.717, 1.165) is 17.1 Å². The van der Waals surface area contributed by atoms with Gasteiger partial charge in [-0.2, -0.15) is 12.7 Å². The molecule has 1 aliphatic heterocycles. The van der Waals surface area contributed by atoms with Crippen LogP contribution in [0.5, 0.6) is 0 Å². The molecule has 1 atom stereocenters. The maximum atomic E-state index is 11.5. The van der Waals surface area contributed by atoms with E-state index in [2.05, 4.69) is 0 Å². The van der Waals surface area contributed by atoms with Crippen LogP contribution in [0.4, 0.5) is 0 Å². The van der Waals surface area contributed by atoms with Gasteiger partial charge in [0.1, 0.15) is 6.04 Å². The van der Waals surface area contributed by atoms with E-state index in [4.69, 9.17) is 9.88 Å². The lowest BCUT2D eigenvalue weighted by Crippen LogP contribution is -2.51. The molecule has 1 saturated heterocycles. The number of rotatable bonds is 3. The Morgan fingerprint density at radius 3 is 2.73 bits per heavy atom. The number of hydrogen-bond acceptors (Lipinski definition) is 4. The summed E-state index contributed by atoms with van der Waals surface area (Å²) in [5.74, 6) is -0.508. The molecule has 6 nitrogen and oxygen atoms in total. The number of nitrogens with zero attached hydrogens (tertiary/aromatic N) is 1. The summed E-state index contributed by atoms with van der Waals surface area (Å²) in [7, 11) is -3.81. The van der Waals surface area contributed by atoms with Gasteiger partial charge in [-0.3, -0.25) is 4.79 Å². The molecule has 0 amide bonds. The molecular formula is C8H16N2O4S. The van der Waals surface area contributed by atoms with Gasteiger partial charge >= 0.3 is 5.97 Å². The third-order valence-electron chi connectivity index (χ3n) is 2.34. The Morgan fingerprint density at radius 1 is 1.53 bits per heavy atom. The standard InChI is InChI=1S/C8H16N2O4S/c1-2-14-8(11)7-5-3-4-6-10(7)15(9,12)13/h7H,2-6H2,1H3,(H2,9,12,13)/t7-/m0/s1. The van der Waals surface area contributed by atoms with Crippen LogP contribution in [0.15, 0.2) is 0 Å². The smallest absolute Gasteiger partial charge is 0.324 e. The largest absolute Gasteiger partial charge is 0.465 e. The predicted octanol–water partition coefficient (Wildman–Crippen LogP) is -0.392. The van der Waals surface area contributed by atoms with Crippen LogP contribution in [-0.2, 0) is 19.7 Å².